The Morgan fingerprint density at radius 2 is 2.06 bits per heavy atom. The highest BCUT2D eigenvalue weighted by atomic mass is 16.5. The molecule has 3 aliphatic rings. The topological polar surface area (TPSA) is 100 Å². The Bertz CT molecular complexity index is 418. The molecule has 3 rings (SSSR count). The standard InChI is InChI=1S/C8H11N7O/c9-6-5-7(13-14-12-5)11-8(10-6)15-1-3-16-4-2-15/h5H,1-4H2,(H2,9,10,11,12,13). The van der Waals surface area contributed by atoms with Gasteiger partial charge in [-0.05, 0) is 5.22 Å². The number of hydrogen-bond acceptors (Lipinski definition) is 8. The van der Waals surface area contributed by atoms with Gasteiger partial charge in [0.05, 0.1) is 13.2 Å². The zero-order chi connectivity index (χ0) is 11.0. The van der Waals surface area contributed by atoms with Crippen LogP contribution < -0.4 is 5.73 Å². The second-order valence-corrected chi connectivity index (χ2v) is 3.61. The summed E-state index contributed by atoms with van der Waals surface area (Å²) in [5, 5.41) is 11.2. The molecule has 0 saturated carbocycles. The van der Waals surface area contributed by atoms with Crippen molar-refractivity contribution in [2.75, 3.05) is 26.3 Å². The van der Waals surface area contributed by atoms with Crippen LogP contribution >= 0.6 is 0 Å². The van der Waals surface area contributed by atoms with Gasteiger partial charge in [-0.2, -0.15) is 9.98 Å². The Morgan fingerprint density at radius 3 is 2.88 bits per heavy atom. The maximum atomic E-state index is 5.79. The van der Waals surface area contributed by atoms with E-state index in [2.05, 4.69) is 25.4 Å². The van der Waals surface area contributed by atoms with Gasteiger partial charge in [0.2, 0.25) is 5.96 Å². The minimum atomic E-state index is -0.384. The molecule has 8 heteroatoms. The smallest absolute Gasteiger partial charge is 0.229 e. The molecule has 1 fully saturated rings. The van der Waals surface area contributed by atoms with Crippen LogP contribution in [0.1, 0.15) is 0 Å². The van der Waals surface area contributed by atoms with Crippen LogP contribution in [0.2, 0.25) is 0 Å². The van der Waals surface area contributed by atoms with Gasteiger partial charge < -0.3 is 15.4 Å². The van der Waals surface area contributed by atoms with E-state index in [-0.39, 0.29) is 6.04 Å². The fourth-order valence-corrected chi connectivity index (χ4v) is 1.71. The van der Waals surface area contributed by atoms with Gasteiger partial charge in [0, 0.05) is 13.1 Å². The van der Waals surface area contributed by atoms with Gasteiger partial charge in [0.1, 0.15) is 5.84 Å². The largest absolute Gasteiger partial charge is 0.385 e. The summed E-state index contributed by atoms with van der Waals surface area (Å²) in [5.74, 6) is 1.51. The van der Waals surface area contributed by atoms with E-state index >= 15 is 0 Å². The second kappa shape index (κ2) is 3.63. The number of rotatable bonds is 0. The van der Waals surface area contributed by atoms with Crippen molar-refractivity contribution >= 4 is 17.6 Å². The third-order valence-electron chi connectivity index (χ3n) is 2.58. The van der Waals surface area contributed by atoms with E-state index in [0.29, 0.717) is 30.8 Å². The van der Waals surface area contributed by atoms with Crippen molar-refractivity contribution in [1.82, 2.24) is 4.90 Å². The minimum Gasteiger partial charge on any atom is -0.385 e. The SMILES string of the molecule is NC1=NC(N2CCOCC2)=NC2=NN=NC12. The number of amidine groups is 2. The predicted molar refractivity (Wildman–Crippen MR) is 57.5 cm³/mol. The van der Waals surface area contributed by atoms with Gasteiger partial charge in [0.15, 0.2) is 11.9 Å². The van der Waals surface area contributed by atoms with E-state index in [4.69, 9.17) is 10.5 Å². The van der Waals surface area contributed by atoms with Crippen LogP contribution in [-0.2, 0) is 4.74 Å². The summed E-state index contributed by atoms with van der Waals surface area (Å²) in [7, 11) is 0. The molecular formula is C8H11N7O. The van der Waals surface area contributed by atoms with Crippen LogP contribution in [0, 0.1) is 0 Å². The molecule has 84 valence electrons. The van der Waals surface area contributed by atoms with Crippen LogP contribution in [0.4, 0.5) is 0 Å². The van der Waals surface area contributed by atoms with Crippen molar-refractivity contribution < 1.29 is 4.74 Å². The first-order valence-electron chi connectivity index (χ1n) is 5.08. The lowest BCUT2D eigenvalue weighted by atomic mass is 10.2. The number of ether oxygens (including phenoxy) is 1. The Balaban J connectivity index is 1.86. The summed E-state index contributed by atoms with van der Waals surface area (Å²) in [6.07, 6.45) is 0. The third kappa shape index (κ3) is 1.47. The molecule has 0 bridgehead atoms. The molecule has 3 aliphatic heterocycles. The van der Waals surface area contributed by atoms with Crippen LogP contribution in [0.5, 0.6) is 0 Å². The quantitative estimate of drug-likeness (QED) is 0.579. The Labute approximate surface area is 91.6 Å². The number of morpholine rings is 1. The van der Waals surface area contributed by atoms with Crippen molar-refractivity contribution in [1.29, 1.82) is 0 Å². The number of fused-ring (bicyclic) bond motifs is 1. The first-order chi connectivity index (χ1) is 7.84. The van der Waals surface area contributed by atoms with E-state index in [1.165, 1.54) is 0 Å². The lowest BCUT2D eigenvalue weighted by Gasteiger charge is -2.29. The molecule has 0 aromatic rings. The average molecular weight is 221 g/mol. The maximum Gasteiger partial charge on any atom is 0.229 e. The molecule has 1 saturated heterocycles. The van der Waals surface area contributed by atoms with Gasteiger partial charge in [-0.15, -0.1) is 10.2 Å². The molecule has 0 radical (unpaired) electrons. The third-order valence-corrected chi connectivity index (χ3v) is 2.58. The monoisotopic (exact) mass is 221 g/mol. The molecule has 0 aromatic heterocycles. The summed E-state index contributed by atoms with van der Waals surface area (Å²) in [6.45, 7) is 2.89. The highest BCUT2D eigenvalue weighted by Gasteiger charge is 2.30. The van der Waals surface area contributed by atoms with Crippen molar-refractivity contribution in [2.45, 2.75) is 6.04 Å². The Morgan fingerprint density at radius 1 is 1.25 bits per heavy atom. The summed E-state index contributed by atoms with van der Waals surface area (Å²) < 4.78 is 5.26. The first-order valence-corrected chi connectivity index (χ1v) is 5.08. The first kappa shape index (κ1) is 9.40. The molecule has 0 amide bonds. The number of guanidine groups is 1. The van der Waals surface area contributed by atoms with Crippen molar-refractivity contribution in [3.8, 4) is 0 Å². The zero-order valence-electron chi connectivity index (χ0n) is 8.57. The van der Waals surface area contributed by atoms with Crippen LogP contribution in [0.15, 0.2) is 25.4 Å². The van der Waals surface area contributed by atoms with E-state index in [1.807, 2.05) is 4.90 Å². The van der Waals surface area contributed by atoms with E-state index in [1.54, 1.807) is 0 Å². The normalized spacial score (nSPS) is 28.4. The summed E-state index contributed by atoms with van der Waals surface area (Å²) in [4.78, 5) is 10.5. The highest BCUT2D eigenvalue weighted by molar-refractivity contribution is 6.19. The van der Waals surface area contributed by atoms with Gasteiger partial charge in [-0.3, -0.25) is 0 Å². The van der Waals surface area contributed by atoms with Gasteiger partial charge >= 0.3 is 0 Å². The number of nitrogens with zero attached hydrogens (tertiary/aromatic N) is 6. The molecule has 8 nitrogen and oxygen atoms in total. The molecule has 16 heavy (non-hydrogen) atoms. The van der Waals surface area contributed by atoms with Crippen LogP contribution in [0.3, 0.4) is 0 Å². The van der Waals surface area contributed by atoms with Crippen molar-refractivity contribution in [2.24, 2.45) is 31.2 Å². The average Bonchev–Trinajstić information content (AvgIpc) is 2.79. The van der Waals surface area contributed by atoms with Gasteiger partial charge in [-0.1, -0.05) is 0 Å². The second-order valence-electron chi connectivity index (χ2n) is 3.61. The van der Waals surface area contributed by atoms with Crippen molar-refractivity contribution in [3.63, 3.8) is 0 Å². The predicted octanol–water partition coefficient (Wildman–Crippen LogP) is -0.807. The fourth-order valence-electron chi connectivity index (χ4n) is 1.71. The zero-order valence-corrected chi connectivity index (χ0v) is 8.57. The summed E-state index contributed by atoms with van der Waals surface area (Å²) in [6, 6.07) is -0.384. The lowest BCUT2D eigenvalue weighted by Crippen LogP contribution is -2.45. The fraction of sp³-hybridized carbons (Fsp3) is 0.625. The maximum absolute atomic E-state index is 5.79. The molecule has 1 atom stereocenters. The Hall–Kier alpha value is -1.83. The minimum absolute atomic E-state index is 0.384. The van der Waals surface area contributed by atoms with Gasteiger partial charge in [-0.25, -0.2) is 0 Å². The van der Waals surface area contributed by atoms with Crippen molar-refractivity contribution in [3.05, 3.63) is 0 Å². The molecule has 2 N–H and O–H groups in total. The van der Waals surface area contributed by atoms with Crippen LogP contribution in [-0.4, -0.2) is 54.9 Å². The molecule has 3 heterocycles. The van der Waals surface area contributed by atoms with Crippen LogP contribution in [0.25, 0.3) is 0 Å². The highest BCUT2D eigenvalue weighted by Crippen LogP contribution is 2.14. The van der Waals surface area contributed by atoms with E-state index in [0.717, 1.165) is 13.1 Å². The number of nitrogens with two attached hydrogens (primary N) is 1. The van der Waals surface area contributed by atoms with E-state index < -0.39 is 0 Å². The summed E-state index contributed by atoms with van der Waals surface area (Å²) in [5.41, 5.74) is 5.79. The lowest BCUT2D eigenvalue weighted by molar-refractivity contribution is 0.0676. The summed E-state index contributed by atoms with van der Waals surface area (Å²) >= 11 is 0. The van der Waals surface area contributed by atoms with E-state index in [9.17, 15) is 0 Å². The molecule has 0 spiro atoms. The molecular weight excluding hydrogens is 210 g/mol. The van der Waals surface area contributed by atoms with Gasteiger partial charge in [0.25, 0.3) is 0 Å². The number of aliphatic imine (C=N–C) groups is 2. The molecule has 0 aromatic carbocycles. The number of hydrogen-bond donors (Lipinski definition) is 1. The Kier molecular flexibility index (Phi) is 2.13. The molecule has 0 aliphatic carbocycles. The molecule has 1 unspecified atom stereocenters.